The highest BCUT2D eigenvalue weighted by molar-refractivity contribution is 5.86. The molecule has 0 saturated heterocycles. The molecule has 4 rings (SSSR count). The van der Waals surface area contributed by atoms with Crippen molar-refractivity contribution < 1.29 is 14.7 Å². The first-order valence-corrected chi connectivity index (χ1v) is 13.7. The number of hydrogen-bond donors (Lipinski definition) is 3. The second kappa shape index (κ2) is 12.7. The van der Waals surface area contributed by atoms with Crippen molar-refractivity contribution in [3.63, 3.8) is 0 Å². The molecule has 0 saturated carbocycles. The minimum absolute atomic E-state index is 0.0412. The third-order valence-electron chi connectivity index (χ3n) is 7.02. The van der Waals surface area contributed by atoms with Crippen LogP contribution in [0.5, 0.6) is 5.75 Å². The number of nitrogens with one attached hydrogen (secondary N) is 1. The van der Waals surface area contributed by atoms with Gasteiger partial charge in [0, 0.05) is 50.5 Å². The van der Waals surface area contributed by atoms with E-state index in [4.69, 9.17) is 10.8 Å². The highest BCUT2D eigenvalue weighted by Crippen LogP contribution is 2.27. The van der Waals surface area contributed by atoms with E-state index in [1.807, 2.05) is 22.9 Å². The first-order valence-electron chi connectivity index (χ1n) is 13.7. The van der Waals surface area contributed by atoms with Gasteiger partial charge in [-0.2, -0.15) is 5.10 Å². The van der Waals surface area contributed by atoms with Crippen LogP contribution >= 0.6 is 0 Å². The largest absolute Gasteiger partial charge is 0.508 e. The minimum atomic E-state index is -0.790. The molecule has 41 heavy (non-hydrogen) atoms. The Morgan fingerprint density at radius 3 is 2.27 bits per heavy atom. The maximum atomic E-state index is 12.5. The fourth-order valence-corrected chi connectivity index (χ4v) is 4.69. The van der Waals surface area contributed by atoms with Gasteiger partial charge >= 0.3 is 0 Å². The number of amides is 2. The summed E-state index contributed by atoms with van der Waals surface area (Å²) in [5.74, 6) is 0.150. The second-order valence-corrected chi connectivity index (χ2v) is 11.1. The first-order chi connectivity index (χ1) is 19.5. The molecule has 1 atom stereocenters. The van der Waals surface area contributed by atoms with Gasteiger partial charge in [-0.05, 0) is 59.4 Å². The number of hydrogen-bond acceptors (Lipinski definition) is 6. The van der Waals surface area contributed by atoms with E-state index >= 15 is 0 Å². The molecule has 0 fully saturated rings. The zero-order chi connectivity index (χ0) is 29.6. The summed E-state index contributed by atoms with van der Waals surface area (Å²) in [6.45, 7) is 8.87. The number of anilines is 1. The molecule has 214 valence electrons. The van der Waals surface area contributed by atoms with Gasteiger partial charge in [-0.1, -0.05) is 45.0 Å². The van der Waals surface area contributed by atoms with Crippen molar-refractivity contribution in [1.82, 2.24) is 19.7 Å². The predicted octanol–water partition coefficient (Wildman–Crippen LogP) is 4.68. The molecule has 2 amide bonds. The maximum Gasteiger partial charge on any atom is 0.240 e. The zero-order valence-electron chi connectivity index (χ0n) is 24.0. The lowest BCUT2D eigenvalue weighted by molar-refractivity contribution is -0.137. The quantitative estimate of drug-likeness (QED) is 0.231. The second-order valence-electron chi connectivity index (χ2n) is 11.1. The number of carbonyl (C=O) groups excluding carboxylic acids is 2. The van der Waals surface area contributed by atoms with Crippen LogP contribution in [0.1, 0.15) is 45.2 Å². The molecule has 2 aromatic carbocycles. The standard InChI is InChI=1S/C32H38N6O3/c1-22(39)37(29(31(33)41)20-23-6-12-27(40)13-7-23)19-5-16-35-30-21-28(24-14-17-34-18-15-24)36-38(30)26-10-8-25(9-11-26)32(2,3)4/h6-15,17-18,21,29,35,40H,5,16,19-20H2,1-4H3,(H2,33,41)/t29-/m0/s1. The minimum Gasteiger partial charge on any atom is -0.508 e. The van der Waals surface area contributed by atoms with Crippen LogP contribution in [0.15, 0.2) is 79.1 Å². The van der Waals surface area contributed by atoms with Crippen molar-refractivity contribution in [3.8, 4) is 22.7 Å². The summed E-state index contributed by atoms with van der Waals surface area (Å²) in [5.41, 5.74) is 10.5. The molecular weight excluding hydrogens is 516 g/mol. The smallest absolute Gasteiger partial charge is 0.240 e. The Hall–Kier alpha value is -4.66. The molecule has 4 N–H and O–H groups in total. The van der Waals surface area contributed by atoms with E-state index < -0.39 is 11.9 Å². The van der Waals surface area contributed by atoms with Gasteiger partial charge in [-0.3, -0.25) is 14.6 Å². The lowest BCUT2D eigenvalue weighted by Crippen LogP contribution is -2.49. The van der Waals surface area contributed by atoms with Crippen LogP contribution in [0.2, 0.25) is 0 Å². The lowest BCUT2D eigenvalue weighted by atomic mass is 9.87. The Morgan fingerprint density at radius 2 is 1.68 bits per heavy atom. The normalized spacial score (nSPS) is 12.1. The number of benzene rings is 2. The maximum absolute atomic E-state index is 12.5. The predicted molar refractivity (Wildman–Crippen MR) is 161 cm³/mol. The molecular formula is C32H38N6O3. The number of aromatic nitrogens is 3. The van der Waals surface area contributed by atoms with E-state index in [2.05, 4.69) is 55.3 Å². The van der Waals surface area contributed by atoms with Crippen LogP contribution in [-0.2, 0) is 21.4 Å². The van der Waals surface area contributed by atoms with Gasteiger partial charge in [0.15, 0.2) is 0 Å². The molecule has 0 aliphatic heterocycles. The van der Waals surface area contributed by atoms with Crippen molar-refractivity contribution in [3.05, 3.63) is 90.3 Å². The molecule has 0 aliphatic rings. The molecule has 4 aromatic rings. The average Bonchev–Trinajstić information content (AvgIpc) is 3.37. The van der Waals surface area contributed by atoms with Gasteiger partial charge in [0.2, 0.25) is 11.8 Å². The summed E-state index contributed by atoms with van der Waals surface area (Å²) >= 11 is 0. The van der Waals surface area contributed by atoms with Crippen LogP contribution in [0.4, 0.5) is 5.82 Å². The zero-order valence-corrected chi connectivity index (χ0v) is 24.0. The van der Waals surface area contributed by atoms with E-state index in [9.17, 15) is 14.7 Å². The van der Waals surface area contributed by atoms with Crippen LogP contribution in [0.3, 0.4) is 0 Å². The Labute approximate surface area is 241 Å². The Balaban J connectivity index is 1.50. The van der Waals surface area contributed by atoms with E-state index in [0.29, 0.717) is 19.5 Å². The fourth-order valence-electron chi connectivity index (χ4n) is 4.69. The molecule has 0 aliphatic carbocycles. The van der Waals surface area contributed by atoms with E-state index in [-0.39, 0.29) is 23.5 Å². The van der Waals surface area contributed by atoms with Gasteiger partial charge in [0.05, 0.1) is 11.4 Å². The number of primary amides is 1. The molecule has 9 nitrogen and oxygen atoms in total. The van der Waals surface area contributed by atoms with Crippen molar-refractivity contribution in [2.24, 2.45) is 5.73 Å². The first kappa shape index (κ1) is 29.3. The van der Waals surface area contributed by atoms with Gasteiger partial charge in [0.1, 0.15) is 17.6 Å². The molecule has 0 bridgehead atoms. The topological polar surface area (TPSA) is 126 Å². The summed E-state index contributed by atoms with van der Waals surface area (Å²) in [5, 5.41) is 17.9. The summed E-state index contributed by atoms with van der Waals surface area (Å²) in [6, 6.07) is 20.0. The highest BCUT2D eigenvalue weighted by atomic mass is 16.3. The summed E-state index contributed by atoms with van der Waals surface area (Å²) in [7, 11) is 0. The Morgan fingerprint density at radius 1 is 1.02 bits per heavy atom. The molecule has 9 heteroatoms. The SMILES string of the molecule is CC(=O)N(CCCNc1cc(-c2ccncc2)nn1-c1ccc(C(C)(C)C)cc1)[C@@H](Cc1ccc(O)cc1)C(N)=O. The average molecular weight is 555 g/mol. The van der Waals surface area contributed by atoms with Gasteiger partial charge in [-0.25, -0.2) is 4.68 Å². The van der Waals surface area contributed by atoms with Gasteiger partial charge in [-0.15, -0.1) is 0 Å². The van der Waals surface area contributed by atoms with Gasteiger partial charge < -0.3 is 21.1 Å². The van der Waals surface area contributed by atoms with E-state index in [0.717, 1.165) is 28.3 Å². The lowest BCUT2D eigenvalue weighted by Gasteiger charge is -2.29. The third-order valence-corrected chi connectivity index (χ3v) is 7.02. The number of nitrogens with zero attached hydrogens (tertiary/aromatic N) is 4. The molecule has 0 spiro atoms. The monoisotopic (exact) mass is 554 g/mol. The third kappa shape index (κ3) is 7.51. The van der Waals surface area contributed by atoms with E-state index in [1.54, 1.807) is 36.7 Å². The number of rotatable bonds is 11. The number of phenolic OH excluding ortho intramolecular Hbond substituents is 1. The molecule has 2 heterocycles. The van der Waals surface area contributed by atoms with E-state index in [1.165, 1.54) is 17.4 Å². The Bertz CT molecular complexity index is 1460. The fraction of sp³-hybridized carbons (Fsp3) is 0.312. The molecule has 0 unspecified atom stereocenters. The van der Waals surface area contributed by atoms with Crippen molar-refractivity contribution >= 4 is 17.6 Å². The number of phenols is 1. The number of carbonyl (C=O) groups is 2. The summed E-state index contributed by atoms with van der Waals surface area (Å²) < 4.78 is 1.88. The molecule has 0 radical (unpaired) electrons. The summed E-state index contributed by atoms with van der Waals surface area (Å²) in [4.78, 5) is 30.5. The number of nitrogens with two attached hydrogens (primary N) is 1. The van der Waals surface area contributed by atoms with Crippen molar-refractivity contribution in [2.45, 2.75) is 52.0 Å². The van der Waals surface area contributed by atoms with Crippen LogP contribution in [-0.4, -0.2) is 55.7 Å². The molecule has 2 aromatic heterocycles. The van der Waals surface area contributed by atoms with Crippen LogP contribution < -0.4 is 11.1 Å². The van der Waals surface area contributed by atoms with Crippen molar-refractivity contribution in [1.29, 1.82) is 0 Å². The summed E-state index contributed by atoms with van der Waals surface area (Å²) in [6.07, 6.45) is 4.33. The van der Waals surface area contributed by atoms with Crippen molar-refractivity contribution in [2.75, 3.05) is 18.4 Å². The van der Waals surface area contributed by atoms with Crippen LogP contribution in [0.25, 0.3) is 16.9 Å². The highest BCUT2D eigenvalue weighted by Gasteiger charge is 2.26. The number of aromatic hydroxyl groups is 1. The van der Waals surface area contributed by atoms with Crippen LogP contribution in [0, 0.1) is 0 Å². The van der Waals surface area contributed by atoms with Gasteiger partial charge in [0.25, 0.3) is 0 Å². The Kier molecular flexibility index (Phi) is 9.07. The number of pyridine rings is 1.